The van der Waals surface area contributed by atoms with Crippen molar-refractivity contribution in [1.82, 2.24) is 10.2 Å². The second-order valence-corrected chi connectivity index (χ2v) is 4.89. The molecule has 2 atom stereocenters. The molecule has 2 heteroatoms. The minimum absolute atomic E-state index is 0.715. The van der Waals surface area contributed by atoms with Crippen LogP contribution in [0.15, 0.2) is 0 Å². The van der Waals surface area contributed by atoms with Gasteiger partial charge in [-0.05, 0) is 45.9 Å². The number of hydrogen-bond donors (Lipinski definition) is 1. The van der Waals surface area contributed by atoms with Crippen molar-refractivity contribution in [2.45, 2.75) is 39.7 Å². The van der Waals surface area contributed by atoms with E-state index in [-0.39, 0.29) is 0 Å². The van der Waals surface area contributed by atoms with Crippen LogP contribution in [0.25, 0.3) is 0 Å². The van der Waals surface area contributed by atoms with Gasteiger partial charge in [0.15, 0.2) is 0 Å². The van der Waals surface area contributed by atoms with Gasteiger partial charge in [-0.3, -0.25) is 0 Å². The van der Waals surface area contributed by atoms with Crippen LogP contribution in [0.1, 0.15) is 33.6 Å². The second-order valence-electron chi connectivity index (χ2n) is 4.89. The van der Waals surface area contributed by atoms with Crippen LogP contribution < -0.4 is 5.32 Å². The Balaban J connectivity index is 4.27. The lowest BCUT2D eigenvalue weighted by Gasteiger charge is -2.33. The molecule has 0 aromatic heterocycles. The van der Waals surface area contributed by atoms with Gasteiger partial charge in [0.1, 0.15) is 0 Å². The Kier molecular flexibility index (Phi) is 7.20. The van der Waals surface area contributed by atoms with Gasteiger partial charge >= 0.3 is 0 Å². The molecular weight excluding hydrogens is 172 g/mol. The maximum Gasteiger partial charge on any atom is 0.0132 e. The molecule has 0 aliphatic rings. The second kappa shape index (κ2) is 7.24. The first-order valence-electron chi connectivity index (χ1n) is 5.83. The van der Waals surface area contributed by atoms with E-state index in [1.54, 1.807) is 0 Å². The van der Waals surface area contributed by atoms with E-state index in [4.69, 9.17) is 0 Å². The summed E-state index contributed by atoms with van der Waals surface area (Å²) in [5, 5.41) is 3.30. The molecule has 0 aromatic carbocycles. The van der Waals surface area contributed by atoms with Crippen molar-refractivity contribution < 1.29 is 0 Å². The minimum atomic E-state index is 0.715. The largest absolute Gasteiger partial charge is 0.319 e. The van der Waals surface area contributed by atoms with Crippen molar-refractivity contribution in [3.05, 3.63) is 0 Å². The molecule has 0 saturated heterocycles. The highest BCUT2D eigenvalue weighted by molar-refractivity contribution is 4.77. The summed E-state index contributed by atoms with van der Waals surface area (Å²) in [6.07, 6.45) is 2.56. The van der Waals surface area contributed by atoms with Crippen LogP contribution in [0.5, 0.6) is 0 Å². The van der Waals surface area contributed by atoms with Crippen LogP contribution in [-0.4, -0.2) is 38.6 Å². The highest BCUT2D eigenvalue weighted by Gasteiger charge is 2.22. The third-order valence-electron chi connectivity index (χ3n) is 2.91. The minimum Gasteiger partial charge on any atom is -0.319 e. The number of rotatable bonds is 7. The Morgan fingerprint density at radius 3 is 2.07 bits per heavy atom. The van der Waals surface area contributed by atoms with Crippen molar-refractivity contribution in [1.29, 1.82) is 0 Å². The van der Waals surface area contributed by atoms with E-state index in [9.17, 15) is 0 Å². The van der Waals surface area contributed by atoms with Crippen molar-refractivity contribution >= 4 is 0 Å². The molecule has 0 spiro atoms. The Hall–Kier alpha value is -0.0800. The lowest BCUT2D eigenvalue weighted by atomic mass is 9.89. The predicted octanol–water partition coefficient (Wildman–Crippen LogP) is 2.21. The maximum absolute atomic E-state index is 3.30. The quantitative estimate of drug-likeness (QED) is 0.678. The summed E-state index contributed by atoms with van der Waals surface area (Å²) in [4.78, 5) is 2.38. The molecule has 0 heterocycles. The van der Waals surface area contributed by atoms with Gasteiger partial charge in [-0.15, -0.1) is 0 Å². The van der Waals surface area contributed by atoms with Crippen LogP contribution >= 0.6 is 0 Å². The first kappa shape index (κ1) is 13.9. The van der Waals surface area contributed by atoms with E-state index in [0.717, 1.165) is 18.4 Å². The van der Waals surface area contributed by atoms with E-state index in [2.05, 4.69) is 45.1 Å². The summed E-state index contributed by atoms with van der Waals surface area (Å²) in [5.41, 5.74) is 0. The first-order chi connectivity index (χ1) is 6.52. The zero-order valence-electron chi connectivity index (χ0n) is 10.8. The summed E-state index contributed by atoms with van der Waals surface area (Å²) < 4.78 is 0. The molecule has 0 rings (SSSR count). The van der Waals surface area contributed by atoms with Crippen LogP contribution in [-0.2, 0) is 0 Å². The summed E-state index contributed by atoms with van der Waals surface area (Å²) >= 11 is 0. The molecule has 0 aromatic rings. The van der Waals surface area contributed by atoms with E-state index in [1.807, 2.05) is 7.05 Å². The van der Waals surface area contributed by atoms with Gasteiger partial charge in [-0.25, -0.2) is 0 Å². The van der Waals surface area contributed by atoms with Gasteiger partial charge in [-0.1, -0.05) is 27.2 Å². The summed E-state index contributed by atoms with van der Waals surface area (Å²) in [6.45, 7) is 8.04. The standard InChI is InChI=1S/C12H28N2/c1-7-11(9-13-4)12(14(5)6)8-10(2)3/h10-13H,7-9H2,1-6H3. The van der Waals surface area contributed by atoms with Gasteiger partial charge in [-0.2, -0.15) is 0 Å². The van der Waals surface area contributed by atoms with Gasteiger partial charge < -0.3 is 10.2 Å². The van der Waals surface area contributed by atoms with E-state index >= 15 is 0 Å². The lowest BCUT2D eigenvalue weighted by molar-refractivity contribution is 0.174. The Morgan fingerprint density at radius 2 is 1.79 bits per heavy atom. The molecule has 0 bridgehead atoms. The summed E-state index contributed by atoms with van der Waals surface area (Å²) in [6, 6.07) is 0.715. The number of nitrogens with one attached hydrogen (secondary N) is 1. The van der Waals surface area contributed by atoms with E-state index in [0.29, 0.717) is 6.04 Å². The number of hydrogen-bond acceptors (Lipinski definition) is 2. The van der Waals surface area contributed by atoms with Gasteiger partial charge in [0.2, 0.25) is 0 Å². The Labute approximate surface area is 90.1 Å². The van der Waals surface area contributed by atoms with Crippen molar-refractivity contribution in [3.63, 3.8) is 0 Å². The third-order valence-corrected chi connectivity index (χ3v) is 2.91. The van der Waals surface area contributed by atoms with Crippen LogP contribution in [0, 0.1) is 11.8 Å². The summed E-state index contributed by atoms with van der Waals surface area (Å²) in [5.74, 6) is 1.56. The van der Waals surface area contributed by atoms with Crippen LogP contribution in [0.4, 0.5) is 0 Å². The molecule has 14 heavy (non-hydrogen) atoms. The smallest absolute Gasteiger partial charge is 0.0132 e. The third kappa shape index (κ3) is 4.97. The SMILES string of the molecule is CCC(CNC)C(CC(C)C)N(C)C. The Bertz CT molecular complexity index is 132. The van der Waals surface area contributed by atoms with Crippen molar-refractivity contribution in [2.75, 3.05) is 27.7 Å². The highest BCUT2D eigenvalue weighted by Crippen LogP contribution is 2.19. The molecule has 2 unspecified atom stereocenters. The molecule has 0 amide bonds. The lowest BCUT2D eigenvalue weighted by Crippen LogP contribution is -2.40. The molecule has 1 N–H and O–H groups in total. The van der Waals surface area contributed by atoms with Crippen molar-refractivity contribution in [3.8, 4) is 0 Å². The fraction of sp³-hybridized carbons (Fsp3) is 1.00. The van der Waals surface area contributed by atoms with E-state index < -0.39 is 0 Å². The fourth-order valence-corrected chi connectivity index (χ4v) is 2.12. The van der Waals surface area contributed by atoms with Crippen LogP contribution in [0.3, 0.4) is 0 Å². The van der Waals surface area contributed by atoms with Gasteiger partial charge in [0.25, 0.3) is 0 Å². The average Bonchev–Trinajstić information content (AvgIpc) is 2.10. The zero-order valence-corrected chi connectivity index (χ0v) is 10.8. The monoisotopic (exact) mass is 200 g/mol. The molecule has 0 aliphatic heterocycles. The van der Waals surface area contributed by atoms with Gasteiger partial charge in [0.05, 0.1) is 0 Å². The fourth-order valence-electron chi connectivity index (χ4n) is 2.12. The Morgan fingerprint density at radius 1 is 1.21 bits per heavy atom. The maximum atomic E-state index is 3.30. The number of nitrogens with zero attached hydrogens (tertiary/aromatic N) is 1. The van der Waals surface area contributed by atoms with Crippen molar-refractivity contribution in [2.24, 2.45) is 11.8 Å². The first-order valence-corrected chi connectivity index (χ1v) is 5.83. The molecule has 2 nitrogen and oxygen atoms in total. The molecule has 0 saturated carbocycles. The average molecular weight is 200 g/mol. The molecular formula is C12H28N2. The zero-order chi connectivity index (χ0) is 11.1. The van der Waals surface area contributed by atoms with E-state index in [1.165, 1.54) is 12.8 Å². The molecule has 0 aliphatic carbocycles. The van der Waals surface area contributed by atoms with Crippen LogP contribution in [0.2, 0.25) is 0 Å². The molecule has 0 fully saturated rings. The molecule has 86 valence electrons. The van der Waals surface area contributed by atoms with Gasteiger partial charge in [0, 0.05) is 6.04 Å². The highest BCUT2D eigenvalue weighted by atomic mass is 15.1. The summed E-state index contributed by atoms with van der Waals surface area (Å²) in [7, 11) is 6.45. The molecule has 0 radical (unpaired) electrons. The topological polar surface area (TPSA) is 15.3 Å². The predicted molar refractivity (Wildman–Crippen MR) is 64.6 cm³/mol. The normalized spacial score (nSPS) is 16.3.